The molecule has 0 radical (unpaired) electrons. The fourth-order valence-corrected chi connectivity index (χ4v) is 1.79. The Bertz CT molecular complexity index is 582. The molecule has 0 heterocycles. The Morgan fingerprint density at radius 1 is 1.00 bits per heavy atom. The fraction of sp³-hybridized carbons (Fsp3) is 0. The zero-order valence-electron chi connectivity index (χ0n) is 9.15. The van der Waals surface area contributed by atoms with Gasteiger partial charge in [0.1, 0.15) is 0 Å². The highest BCUT2D eigenvalue weighted by atomic mass is 35.5. The molecule has 18 heavy (non-hydrogen) atoms. The van der Waals surface area contributed by atoms with Gasteiger partial charge in [0.15, 0.2) is 0 Å². The van der Waals surface area contributed by atoms with Crippen LogP contribution in [0.25, 0.3) is 0 Å². The van der Waals surface area contributed by atoms with E-state index in [0.29, 0.717) is 15.7 Å². The van der Waals surface area contributed by atoms with Crippen LogP contribution in [0.15, 0.2) is 42.5 Å². The van der Waals surface area contributed by atoms with E-state index in [0.717, 1.165) is 5.69 Å². The van der Waals surface area contributed by atoms with Gasteiger partial charge in [-0.05, 0) is 42.5 Å². The molecule has 0 saturated carbocycles. The number of anilines is 2. The molecule has 5 heteroatoms. The number of carboxylic acids is 1. The third kappa shape index (κ3) is 2.94. The maximum Gasteiger partial charge on any atom is 0.337 e. The van der Waals surface area contributed by atoms with Crippen molar-refractivity contribution in [1.82, 2.24) is 0 Å². The van der Waals surface area contributed by atoms with Gasteiger partial charge in [0.25, 0.3) is 0 Å². The number of aromatic carboxylic acids is 1. The first-order chi connectivity index (χ1) is 8.56. The van der Waals surface area contributed by atoms with E-state index in [1.165, 1.54) is 6.07 Å². The summed E-state index contributed by atoms with van der Waals surface area (Å²) < 4.78 is 0. The Hall–Kier alpha value is -1.71. The molecule has 0 spiro atoms. The fourth-order valence-electron chi connectivity index (χ4n) is 1.49. The van der Waals surface area contributed by atoms with Crippen molar-refractivity contribution in [3.8, 4) is 0 Å². The van der Waals surface area contributed by atoms with Crippen LogP contribution in [0.4, 0.5) is 11.4 Å². The van der Waals surface area contributed by atoms with E-state index in [2.05, 4.69) is 5.32 Å². The minimum atomic E-state index is -1.03. The Morgan fingerprint density at radius 2 is 1.61 bits per heavy atom. The maximum absolute atomic E-state index is 11.1. The Balaban J connectivity index is 2.34. The smallest absolute Gasteiger partial charge is 0.337 e. The molecule has 0 aliphatic rings. The van der Waals surface area contributed by atoms with E-state index in [9.17, 15) is 4.79 Å². The van der Waals surface area contributed by atoms with Crippen molar-refractivity contribution in [3.05, 3.63) is 58.1 Å². The van der Waals surface area contributed by atoms with Gasteiger partial charge in [-0.3, -0.25) is 0 Å². The standard InChI is InChI=1S/C13H9Cl2NO2/c14-8-1-4-10(5-2-8)16-12-6-3-9(15)7-11(12)13(17)18/h1-7,16H,(H,17,18). The van der Waals surface area contributed by atoms with E-state index in [1.54, 1.807) is 36.4 Å². The topological polar surface area (TPSA) is 49.3 Å². The highest BCUT2D eigenvalue weighted by molar-refractivity contribution is 6.31. The number of benzene rings is 2. The lowest BCUT2D eigenvalue weighted by Gasteiger charge is -2.10. The minimum absolute atomic E-state index is 0.123. The number of halogens is 2. The van der Waals surface area contributed by atoms with Gasteiger partial charge in [-0.25, -0.2) is 4.79 Å². The van der Waals surface area contributed by atoms with Crippen molar-refractivity contribution in [1.29, 1.82) is 0 Å². The van der Waals surface area contributed by atoms with E-state index in [1.807, 2.05) is 0 Å². The second-order valence-electron chi connectivity index (χ2n) is 3.63. The van der Waals surface area contributed by atoms with Crippen molar-refractivity contribution >= 4 is 40.5 Å². The van der Waals surface area contributed by atoms with Crippen LogP contribution in [0.1, 0.15) is 10.4 Å². The van der Waals surface area contributed by atoms with E-state index >= 15 is 0 Å². The average molecular weight is 282 g/mol. The van der Waals surface area contributed by atoms with Gasteiger partial charge in [0, 0.05) is 15.7 Å². The normalized spacial score (nSPS) is 10.1. The molecule has 0 amide bonds. The molecule has 0 fully saturated rings. The number of hydrogen-bond donors (Lipinski definition) is 2. The summed E-state index contributed by atoms with van der Waals surface area (Å²) in [6.07, 6.45) is 0. The summed E-state index contributed by atoms with van der Waals surface area (Å²) in [4.78, 5) is 11.1. The molecule has 0 aromatic heterocycles. The van der Waals surface area contributed by atoms with E-state index in [4.69, 9.17) is 28.3 Å². The Labute approximate surface area is 114 Å². The van der Waals surface area contributed by atoms with Crippen LogP contribution in [0.2, 0.25) is 10.0 Å². The quantitative estimate of drug-likeness (QED) is 0.875. The number of carbonyl (C=O) groups is 1. The van der Waals surface area contributed by atoms with Crippen molar-refractivity contribution in [2.24, 2.45) is 0 Å². The largest absolute Gasteiger partial charge is 0.478 e. The first-order valence-corrected chi connectivity index (χ1v) is 5.87. The van der Waals surface area contributed by atoms with Gasteiger partial charge in [0.2, 0.25) is 0 Å². The summed E-state index contributed by atoms with van der Waals surface area (Å²) in [6.45, 7) is 0. The molecule has 0 bridgehead atoms. The minimum Gasteiger partial charge on any atom is -0.478 e. The van der Waals surface area contributed by atoms with Crippen LogP contribution in [-0.4, -0.2) is 11.1 Å². The summed E-state index contributed by atoms with van der Waals surface area (Å²) >= 11 is 11.6. The maximum atomic E-state index is 11.1. The van der Waals surface area contributed by atoms with Gasteiger partial charge < -0.3 is 10.4 Å². The van der Waals surface area contributed by atoms with Crippen LogP contribution < -0.4 is 5.32 Å². The molecule has 0 atom stereocenters. The zero-order chi connectivity index (χ0) is 13.1. The number of nitrogens with one attached hydrogen (secondary N) is 1. The van der Waals surface area contributed by atoms with Crippen LogP contribution in [0.5, 0.6) is 0 Å². The highest BCUT2D eigenvalue weighted by Crippen LogP contribution is 2.25. The third-order valence-corrected chi connectivity index (χ3v) is 2.82. The van der Waals surface area contributed by atoms with Gasteiger partial charge in [-0.1, -0.05) is 23.2 Å². The van der Waals surface area contributed by atoms with E-state index in [-0.39, 0.29) is 5.56 Å². The molecule has 2 N–H and O–H groups in total. The third-order valence-electron chi connectivity index (χ3n) is 2.34. The molecular formula is C13H9Cl2NO2. The van der Waals surface area contributed by atoms with Gasteiger partial charge in [-0.2, -0.15) is 0 Å². The highest BCUT2D eigenvalue weighted by Gasteiger charge is 2.10. The lowest BCUT2D eigenvalue weighted by Crippen LogP contribution is -2.02. The number of carboxylic acid groups (broad SMARTS) is 1. The molecule has 2 rings (SSSR count). The predicted molar refractivity (Wildman–Crippen MR) is 73.1 cm³/mol. The van der Waals surface area contributed by atoms with Gasteiger partial charge in [0.05, 0.1) is 11.3 Å². The molecule has 3 nitrogen and oxygen atoms in total. The SMILES string of the molecule is O=C(O)c1cc(Cl)ccc1Nc1ccc(Cl)cc1. The molecular weight excluding hydrogens is 273 g/mol. The summed E-state index contributed by atoms with van der Waals surface area (Å²) in [7, 11) is 0. The first kappa shape index (κ1) is 12.7. The summed E-state index contributed by atoms with van der Waals surface area (Å²) in [5.41, 5.74) is 1.36. The van der Waals surface area contributed by atoms with Crippen molar-refractivity contribution in [3.63, 3.8) is 0 Å². The first-order valence-electron chi connectivity index (χ1n) is 5.12. The Morgan fingerprint density at radius 3 is 2.22 bits per heavy atom. The molecule has 0 unspecified atom stereocenters. The second kappa shape index (κ2) is 5.29. The molecule has 0 aliphatic heterocycles. The van der Waals surface area contributed by atoms with Crippen molar-refractivity contribution < 1.29 is 9.90 Å². The Kier molecular flexibility index (Phi) is 3.75. The van der Waals surface area contributed by atoms with Crippen molar-refractivity contribution in [2.75, 3.05) is 5.32 Å². The molecule has 2 aromatic rings. The lowest BCUT2D eigenvalue weighted by molar-refractivity contribution is 0.0698. The predicted octanol–water partition coefficient (Wildman–Crippen LogP) is 4.44. The molecule has 0 aliphatic carbocycles. The lowest BCUT2D eigenvalue weighted by atomic mass is 10.1. The summed E-state index contributed by atoms with van der Waals surface area (Å²) in [5, 5.41) is 13.1. The van der Waals surface area contributed by atoms with Crippen LogP contribution >= 0.6 is 23.2 Å². The van der Waals surface area contributed by atoms with E-state index < -0.39 is 5.97 Å². The number of hydrogen-bond acceptors (Lipinski definition) is 2. The van der Waals surface area contributed by atoms with Crippen LogP contribution in [0.3, 0.4) is 0 Å². The monoisotopic (exact) mass is 281 g/mol. The molecule has 0 saturated heterocycles. The molecule has 92 valence electrons. The van der Waals surface area contributed by atoms with Crippen molar-refractivity contribution in [2.45, 2.75) is 0 Å². The van der Waals surface area contributed by atoms with Crippen LogP contribution in [0, 0.1) is 0 Å². The van der Waals surface area contributed by atoms with Crippen LogP contribution in [-0.2, 0) is 0 Å². The van der Waals surface area contributed by atoms with Gasteiger partial charge in [-0.15, -0.1) is 0 Å². The van der Waals surface area contributed by atoms with Gasteiger partial charge >= 0.3 is 5.97 Å². The summed E-state index contributed by atoms with van der Waals surface area (Å²) in [5.74, 6) is -1.03. The zero-order valence-corrected chi connectivity index (χ0v) is 10.7. The second-order valence-corrected chi connectivity index (χ2v) is 4.50. The number of rotatable bonds is 3. The molecule has 2 aromatic carbocycles. The average Bonchev–Trinajstić information content (AvgIpc) is 2.34. The summed E-state index contributed by atoms with van der Waals surface area (Å²) in [6, 6.07) is 11.6.